The van der Waals surface area contributed by atoms with Gasteiger partial charge in [-0.05, 0) is 44.6 Å². The van der Waals surface area contributed by atoms with Crippen LogP contribution in [0, 0.1) is 0 Å². The summed E-state index contributed by atoms with van der Waals surface area (Å²) in [6, 6.07) is 10.3. The summed E-state index contributed by atoms with van der Waals surface area (Å²) in [5.74, 6) is 0. The smallest absolute Gasteiger partial charge is 0.142 e. The first kappa shape index (κ1) is 13.4. The standard InChI is InChI=1S/C16H21ClO2/c1-15-9-5-10-16(17,19-15)11-8-14(15)18-12-13-6-3-2-4-7-13/h2-4,6-7,14H,5,8-12H2,1H3. The molecule has 3 unspecified atom stereocenters. The van der Waals surface area contributed by atoms with E-state index in [-0.39, 0.29) is 11.7 Å². The van der Waals surface area contributed by atoms with Crippen LogP contribution in [0.25, 0.3) is 0 Å². The summed E-state index contributed by atoms with van der Waals surface area (Å²) in [4.78, 5) is 0. The summed E-state index contributed by atoms with van der Waals surface area (Å²) < 4.78 is 12.3. The van der Waals surface area contributed by atoms with Crippen molar-refractivity contribution in [2.24, 2.45) is 0 Å². The molecule has 0 saturated carbocycles. The maximum absolute atomic E-state index is 6.50. The van der Waals surface area contributed by atoms with Crippen LogP contribution in [0.2, 0.25) is 0 Å². The number of alkyl halides is 1. The number of hydrogen-bond donors (Lipinski definition) is 0. The molecular weight excluding hydrogens is 260 g/mol. The first-order valence-corrected chi connectivity index (χ1v) is 7.52. The molecule has 3 rings (SSSR count). The fourth-order valence-corrected chi connectivity index (χ4v) is 3.73. The lowest BCUT2D eigenvalue weighted by Crippen LogP contribution is -2.56. The molecular formula is C16H21ClO2. The van der Waals surface area contributed by atoms with Gasteiger partial charge in [0.25, 0.3) is 0 Å². The topological polar surface area (TPSA) is 18.5 Å². The summed E-state index contributed by atoms with van der Waals surface area (Å²) in [6.45, 7) is 2.80. The van der Waals surface area contributed by atoms with Gasteiger partial charge in [-0.2, -0.15) is 0 Å². The Labute approximate surface area is 120 Å². The number of rotatable bonds is 3. The highest BCUT2D eigenvalue weighted by molar-refractivity contribution is 6.23. The second-order valence-electron chi connectivity index (χ2n) is 5.98. The molecule has 0 amide bonds. The Kier molecular flexibility index (Phi) is 3.59. The van der Waals surface area contributed by atoms with Crippen LogP contribution in [0.3, 0.4) is 0 Å². The fraction of sp³-hybridized carbons (Fsp3) is 0.625. The Morgan fingerprint density at radius 3 is 2.84 bits per heavy atom. The minimum atomic E-state index is -0.431. The van der Waals surface area contributed by atoms with Crippen molar-refractivity contribution in [2.45, 2.75) is 62.4 Å². The summed E-state index contributed by atoms with van der Waals surface area (Å²) in [7, 11) is 0. The monoisotopic (exact) mass is 280 g/mol. The van der Waals surface area contributed by atoms with E-state index in [0.29, 0.717) is 6.61 Å². The van der Waals surface area contributed by atoms with Gasteiger partial charge in [0.05, 0.1) is 18.3 Å². The van der Waals surface area contributed by atoms with Crippen LogP contribution in [0.5, 0.6) is 0 Å². The van der Waals surface area contributed by atoms with Crippen molar-refractivity contribution >= 4 is 11.6 Å². The lowest BCUT2D eigenvalue weighted by Gasteiger charge is -2.51. The van der Waals surface area contributed by atoms with Gasteiger partial charge in [-0.25, -0.2) is 0 Å². The van der Waals surface area contributed by atoms with Crippen LogP contribution in [-0.4, -0.2) is 16.8 Å². The molecule has 0 N–H and O–H groups in total. The number of hydrogen-bond acceptors (Lipinski definition) is 2. The predicted octanol–water partition coefficient (Wildman–Crippen LogP) is 4.26. The third-order valence-corrected chi connectivity index (χ3v) is 4.85. The van der Waals surface area contributed by atoms with Crippen LogP contribution in [0.1, 0.15) is 44.6 Å². The van der Waals surface area contributed by atoms with Crippen LogP contribution in [0.15, 0.2) is 30.3 Å². The minimum Gasteiger partial charge on any atom is -0.371 e. The number of halogens is 1. The van der Waals surface area contributed by atoms with E-state index in [4.69, 9.17) is 21.1 Å². The molecule has 1 aromatic carbocycles. The summed E-state index contributed by atoms with van der Waals surface area (Å²) in [6.07, 6.45) is 5.18. The van der Waals surface area contributed by atoms with Crippen molar-refractivity contribution in [3.8, 4) is 0 Å². The Balaban J connectivity index is 1.65. The maximum atomic E-state index is 6.50. The molecule has 2 aliphatic rings. The molecule has 104 valence electrons. The van der Waals surface area contributed by atoms with E-state index in [9.17, 15) is 0 Å². The molecule has 19 heavy (non-hydrogen) atoms. The molecule has 2 heterocycles. The molecule has 0 aromatic heterocycles. The molecule has 0 radical (unpaired) electrons. The SMILES string of the molecule is CC12CCCC(Cl)(CCC1OCc1ccccc1)O2. The van der Waals surface area contributed by atoms with E-state index >= 15 is 0 Å². The molecule has 2 aliphatic heterocycles. The molecule has 1 aromatic rings. The average Bonchev–Trinajstić information content (AvgIpc) is 2.38. The zero-order valence-electron chi connectivity index (χ0n) is 11.4. The molecule has 2 nitrogen and oxygen atoms in total. The van der Waals surface area contributed by atoms with Crippen molar-refractivity contribution < 1.29 is 9.47 Å². The Morgan fingerprint density at radius 1 is 1.26 bits per heavy atom. The molecule has 0 aliphatic carbocycles. The van der Waals surface area contributed by atoms with Crippen molar-refractivity contribution in [1.29, 1.82) is 0 Å². The van der Waals surface area contributed by atoms with Gasteiger partial charge in [0, 0.05) is 0 Å². The maximum Gasteiger partial charge on any atom is 0.142 e. The second-order valence-corrected chi connectivity index (χ2v) is 6.66. The van der Waals surface area contributed by atoms with Crippen LogP contribution in [0.4, 0.5) is 0 Å². The minimum absolute atomic E-state index is 0.153. The molecule has 3 atom stereocenters. The summed E-state index contributed by atoms with van der Waals surface area (Å²) in [5.41, 5.74) is 0.997. The third-order valence-electron chi connectivity index (χ3n) is 4.39. The second kappa shape index (κ2) is 5.08. The van der Waals surface area contributed by atoms with E-state index in [0.717, 1.165) is 32.1 Å². The van der Waals surface area contributed by atoms with Crippen LogP contribution >= 0.6 is 11.6 Å². The molecule has 2 fully saturated rings. The van der Waals surface area contributed by atoms with Gasteiger partial charge in [0.15, 0.2) is 0 Å². The molecule has 2 saturated heterocycles. The van der Waals surface area contributed by atoms with Gasteiger partial charge in [0.1, 0.15) is 5.06 Å². The van der Waals surface area contributed by atoms with Crippen molar-refractivity contribution in [3.63, 3.8) is 0 Å². The van der Waals surface area contributed by atoms with Gasteiger partial charge < -0.3 is 9.47 Å². The van der Waals surface area contributed by atoms with Crippen LogP contribution < -0.4 is 0 Å². The number of ether oxygens (including phenoxy) is 2. The molecule has 0 spiro atoms. The Bertz CT molecular complexity index is 436. The lowest BCUT2D eigenvalue weighted by molar-refractivity contribution is -0.237. The van der Waals surface area contributed by atoms with Gasteiger partial charge in [-0.3, -0.25) is 0 Å². The van der Waals surface area contributed by atoms with E-state index < -0.39 is 5.06 Å². The normalized spacial score (nSPS) is 38.1. The van der Waals surface area contributed by atoms with Gasteiger partial charge >= 0.3 is 0 Å². The van der Waals surface area contributed by atoms with Crippen LogP contribution in [-0.2, 0) is 16.1 Å². The first-order chi connectivity index (χ1) is 9.10. The predicted molar refractivity (Wildman–Crippen MR) is 76.2 cm³/mol. The molecule has 2 bridgehead atoms. The molecule has 3 heteroatoms. The van der Waals surface area contributed by atoms with Gasteiger partial charge in [0.2, 0.25) is 0 Å². The highest BCUT2D eigenvalue weighted by atomic mass is 35.5. The van der Waals surface area contributed by atoms with E-state index in [1.54, 1.807) is 0 Å². The van der Waals surface area contributed by atoms with Gasteiger partial charge in [-0.15, -0.1) is 0 Å². The van der Waals surface area contributed by atoms with Crippen molar-refractivity contribution in [1.82, 2.24) is 0 Å². The quantitative estimate of drug-likeness (QED) is 0.770. The number of benzene rings is 1. The Hall–Kier alpha value is -0.570. The number of fused-ring (bicyclic) bond motifs is 2. The third kappa shape index (κ3) is 2.81. The summed E-state index contributed by atoms with van der Waals surface area (Å²) in [5, 5.41) is -0.431. The highest BCUT2D eigenvalue weighted by Gasteiger charge is 2.51. The van der Waals surface area contributed by atoms with E-state index in [1.165, 1.54) is 5.56 Å². The van der Waals surface area contributed by atoms with Crippen molar-refractivity contribution in [3.05, 3.63) is 35.9 Å². The van der Waals surface area contributed by atoms with E-state index in [1.807, 2.05) is 18.2 Å². The lowest BCUT2D eigenvalue weighted by atomic mass is 9.80. The first-order valence-electron chi connectivity index (χ1n) is 7.14. The van der Waals surface area contributed by atoms with Crippen molar-refractivity contribution in [2.75, 3.05) is 0 Å². The fourth-order valence-electron chi connectivity index (χ4n) is 3.31. The average molecular weight is 281 g/mol. The zero-order valence-corrected chi connectivity index (χ0v) is 12.2. The Morgan fingerprint density at radius 2 is 2.05 bits per heavy atom. The van der Waals surface area contributed by atoms with E-state index in [2.05, 4.69) is 19.1 Å². The highest BCUT2D eigenvalue weighted by Crippen LogP contribution is 2.48. The zero-order chi connectivity index (χ0) is 13.3. The van der Waals surface area contributed by atoms with Gasteiger partial charge in [-0.1, -0.05) is 41.9 Å². The summed E-state index contributed by atoms with van der Waals surface area (Å²) >= 11 is 6.50. The largest absolute Gasteiger partial charge is 0.371 e.